The summed E-state index contributed by atoms with van der Waals surface area (Å²) in [6.07, 6.45) is -0.348. The molecule has 0 aliphatic carbocycles. The van der Waals surface area contributed by atoms with Crippen molar-refractivity contribution in [2.45, 2.75) is 0 Å². The van der Waals surface area contributed by atoms with E-state index in [0.717, 1.165) is 14.2 Å². The molecule has 0 bridgehead atoms. The first-order chi connectivity index (χ1) is 5.33. The van der Waals surface area contributed by atoms with E-state index in [4.69, 9.17) is 4.55 Å². The van der Waals surface area contributed by atoms with E-state index in [1.54, 1.807) is 0 Å². The SMILES string of the molecule is COP(=O)(CCS(=O)(=O)O)OC. The second kappa shape index (κ2) is 4.34. The molecule has 1 N–H and O–H groups in total. The van der Waals surface area contributed by atoms with Crippen LogP contribution in [-0.4, -0.2) is 39.1 Å². The molecule has 74 valence electrons. The molecule has 12 heavy (non-hydrogen) atoms. The highest BCUT2D eigenvalue weighted by molar-refractivity contribution is 7.86. The van der Waals surface area contributed by atoms with Gasteiger partial charge < -0.3 is 9.05 Å². The van der Waals surface area contributed by atoms with Crippen molar-refractivity contribution in [1.29, 1.82) is 0 Å². The van der Waals surface area contributed by atoms with Crippen LogP contribution >= 0.6 is 7.60 Å². The van der Waals surface area contributed by atoms with Crippen LogP contribution in [0.1, 0.15) is 0 Å². The van der Waals surface area contributed by atoms with Crippen molar-refractivity contribution in [3.8, 4) is 0 Å². The lowest BCUT2D eigenvalue weighted by atomic mass is 11.0. The fraction of sp³-hybridized carbons (Fsp3) is 1.00. The monoisotopic (exact) mass is 218 g/mol. The largest absolute Gasteiger partial charge is 0.331 e. The van der Waals surface area contributed by atoms with Crippen LogP contribution in [0.3, 0.4) is 0 Å². The molecule has 8 heteroatoms. The molecule has 0 unspecified atom stereocenters. The molecule has 0 heterocycles. The zero-order valence-electron chi connectivity index (χ0n) is 6.76. The summed E-state index contributed by atoms with van der Waals surface area (Å²) in [6.45, 7) is 0. The maximum Gasteiger partial charge on any atom is 0.331 e. The van der Waals surface area contributed by atoms with Crippen molar-refractivity contribution >= 4 is 17.7 Å². The normalized spacial score (nSPS) is 13.2. The zero-order valence-corrected chi connectivity index (χ0v) is 8.47. The van der Waals surface area contributed by atoms with E-state index < -0.39 is 23.5 Å². The van der Waals surface area contributed by atoms with E-state index in [-0.39, 0.29) is 6.16 Å². The first-order valence-corrected chi connectivity index (χ1v) is 6.32. The van der Waals surface area contributed by atoms with Crippen molar-refractivity contribution < 1.29 is 26.6 Å². The van der Waals surface area contributed by atoms with Crippen molar-refractivity contribution in [1.82, 2.24) is 0 Å². The Morgan fingerprint density at radius 3 is 2.00 bits per heavy atom. The second-order valence-corrected chi connectivity index (χ2v) is 5.96. The Morgan fingerprint density at radius 2 is 1.75 bits per heavy atom. The molecule has 0 saturated carbocycles. The number of rotatable bonds is 5. The van der Waals surface area contributed by atoms with Crippen LogP contribution in [0.15, 0.2) is 0 Å². The van der Waals surface area contributed by atoms with Gasteiger partial charge in [-0.15, -0.1) is 0 Å². The minimum atomic E-state index is -4.11. The molecule has 0 aromatic carbocycles. The Balaban J connectivity index is 4.17. The van der Waals surface area contributed by atoms with Gasteiger partial charge in [0.2, 0.25) is 0 Å². The lowest BCUT2D eigenvalue weighted by molar-refractivity contribution is 0.277. The van der Waals surface area contributed by atoms with Crippen LogP contribution in [0.2, 0.25) is 0 Å². The van der Waals surface area contributed by atoms with E-state index in [0.29, 0.717) is 0 Å². The molecular weight excluding hydrogens is 207 g/mol. The maximum absolute atomic E-state index is 11.2. The third kappa shape index (κ3) is 4.84. The lowest BCUT2D eigenvalue weighted by Gasteiger charge is -2.11. The molecule has 0 rings (SSSR count). The highest BCUT2D eigenvalue weighted by Gasteiger charge is 2.23. The third-order valence-corrected chi connectivity index (χ3v) is 4.09. The predicted molar refractivity (Wildman–Crippen MR) is 42.9 cm³/mol. The van der Waals surface area contributed by atoms with Gasteiger partial charge in [0.15, 0.2) is 0 Å². The fourth-order valence-electron chi connectivity index (χ4n) is 0.484. The molecule has 0 aromatic rings. The van der Waals surface area contributed by atoms with Crippen LogP contribution in [0.4, 0.5) is 0 Å². The van der Waals surface area contributed by atoms with Gasteiger partial charge in [0.05, 0.1) is 11.9 Å². The van der Waals surface area contributed by atoms with Crippen LogP contribution in [0, 0.1) is 0 Å². The van der Waals surface area contributed by atoms with Crippen LogP contribution < -0.4 is 0 Å². The van der Waals surface area contributed by atoms with Gasteiger partial charge in [-0.05, 0) is 0 Å². The summed E-state index contributed by atoms with van der Waals surface area (Å²) < 4.78 is 48.8. The van der Waals surface area contributed by atoms with E-state index in [2.05, 4.69) is 9.05 Å². The highest BCUT2D eigenvalue weighted by atomic mass is 32.2. The summed E-state index contributed by atoms with van der Waals surface area (Å²) >= 11 is 0. The third-order valence-electron chi connectivity index (χ3n) is 1.18. The summed E-state index contributed by atoms with van der Waals surface area (Å²) in [5.74, 6) is -0.633. The Labute approximate surface area is 71.2 Å². The van der Waals surface area contributed by atoms with Gasteiger partial charge in [0.1, 0.15) is 0 Å². The summed E-state index contributed by atoms with van der Waals surface area (Å²) in [5.41, 5.74) is 0. The quantitative estimate of drug-likeness (QED) is 0.529. The Bertz CT molecular complexity index is 261. The van der Waals surface area contributed by atoms with E-state index in [9.17, 15) is 13.0 Å². The standard InChI is InChI=1S/C4H11O6PS/c1-9-11(5,10-2)3-4-12(6,7)8/h3-4H2,1-2H3,(H,6,7,8). The Kier molecular flexibility index (Phi) is 4.36. The van der Waals surface area contributed by atoms with Crippen LogP contribution in [0.5, 0.6) is 0 Å². The molecule has 0 atom stereocenters. The van der Waals surface area contributed by atoms with Crippen molar-refractivity contribution in [3.05, 3.63) is 0 Å². The average molecular weight is 218 g/mol. The molecule has 0 aliphatic heterocycles. The van der Waals surface area contributed by atoms with Gasteiger partial charge in [-0.3, -0.25) is 9.12 Å². The van der Waals surface area contributed by atoms with E-state index >= 15 is 0 Å². The summed E-state index contributed by atoms with van der Waals surface area (Å²) in [4.78, 5) is 0. The Hall–Kier alpha value is 0.0600. The van der Waals surface area contributed by atoms with Gasteiger partial charge >= 0.3 is 7.60 Å². The van der Waals surface area contributed by atoms with Crippen molar-refractivity contribution in [2.24, 2.45) is 0 Å². The first-order valence-electron chi connectivity index (χ1n) is 2.99. The van der Waals surface area contributed by atoms with Gasteiger partial charge in [0.25, 0.3) is 10.1 Å². The lowest BCUT2D eigenvalue weighted by Crippen LogP contribution is -2.09. The topological polar surface area (TPSA) is 89.9 Å². The summed E-state index contributed by atoms with van der Waals surface area (Å²) in [6, 6.07) is 0. The highest BCUT2D eigenvalue weighted by Crippen LogP contribution is 2.45. The number of hydrogen-bond acceptors (Lipinski definition) is 5. The zero-order chi connectivity index (χ0) is 9.83. The number of hydrogen-bond donors (Lipinski definition) is 1. The molecular formula is C4H11O6PS. The smallest absolute Gasteiger partial charge is 0.312 e. The molecule has 0 spiro atoms. The molecule has 0 saturated heterocycles. The van der Waals surface area contributed by atoms with E-state index in [1.807, 2.05) is 0 Å². The van der Waals surface area contributed by atoms with Gasteiger partial charge in [-0.25, -0.2) is 0 Å². The van der Waals surface area contributed by atoms with Crippen molar-refractivity contribution in [2.75, 3.05) is 26.1 Å². The molecule has 0 aliphatic rings. The maximum atomic E-state index is 11.2. The van der Waals surface area contributed by atoms with Gasteiger partial charge in [-0.2, -0.15) is 8.42 Å². The van der Waals surface area contributed by atoms with Crippen LogP contribution in [-0.2, 0) is 23.7 Å². The fourth-order valence-corrected chi connectivity index (χ4v) is 2.82. The van der Waals surface area contributed by atoms with E-state index in [1.165, 1.54) is 0 Å². The Morgan fingerprint density at radius 1 is 1.33 bits per heavy atom. The summed E-state index contributed by atoms with van der Waals surface area (Å²) in [7, 11) is -5.13. The molecule has 0 fully saturated rings. The predicted octanol–water partition coefficient (Wildman–Crippen LogP) is 0.360. The summed E-state index contributed by atoms with van der Waals surface area (Å²) in [5, 5.41) is 0. The second-order valence-electron chi connectivity index (χ2n) is 1.99. The van der Waals surface area contributed by atoms with Gasteiger partial charge in [0, 0.05) is 14.2 Å². The minimum absolute atomic E-state index is 0.348. The molecule has 0 radical (unpaired) electrons. The first kappa shape index (κ1) is 12.1. The van der Waals surface area contributed by atoms with Crippen LogP contribution in [0.25, 0.3) is 0 Å². The average Bonchev–Trinajstić information content (AvgIpc) is 1.99. The molecule has 6 nitrogen and oxygen atoms in total. The van der Waals surface area contributed by atoms with Crippen molar-refractivity contribution in [3.63, 3.8) is 0 Å². The minimum Gasteiger partial charge on any atom is -0.312 e. The van der Waals surface area contributed by atoms with Gasteiger partial charge in [-0.1, -0.05) is 0 Å². The molecule has 0 amide bonds. The molecule has 0 aromatic heterocycles.